The van der Waals surface area contributed by atoms with Crippen LogP contribution in [-0.4, -0.2) is 67.8 Å². The van der Waals surface area contributed by atoms with E-state index in [1.807, 2.05) is 48.5 Å². The summed E-state index contributed by atoms with van der Waals surface area (Å²) in [7, 11) is 1.70. The van der Waals surface area contributed by atoms with Crippen molar-refractivity contribution < 1.29 is 19.1 Å². The Morgan fingerprint density at radius 3 is 2.47 bits per heavy atom. The fourth-order valence-corrected chi connectivity index (χ4v) is 4.35. The number of aromatic nitrogens is 1. The normalized spacial score (nSPS) is 14.7. The molecule has 3 aromatic rings. The van der Waals surface area contributed by atoms with E-state index in [9.17, 15) is 5.11 Å². The number of anilines is 1. The summed E-state index contributed by atoms with van der Waals surface area (Å²) in [6.45, 7) is 5.05. The van der Waals surface area contributed by atoms with Crippen molar-refractivity contribution in [2.24, 2.45) is 0 Å². The molecule has 1 aromatic heterocycles. The lowest BCUT2D eigenvalue weighted by Gasteiger charge is -2.26. The zero-order valence-electron chi connectivity index (χ0n) is 19.9. The van der Waals surface area contributed by atoms with Gasteiger partial charge in [-0.15, -0.1) is 0 Å². The standard InChI is InChI=1S/C27H35N3O4/c1-32-17-16-29(18-24(31)21-33-20-22-10-4-2-5-11-22)19-25-26(23-12-6-3-7-13-23)28-34-27(25)30-14-8-9-15-30/h2-7,10-13,24,31H,8-9,14-21H2,1H3/t24-/m1/s1. The Kier molecular flexibility index (Phi) is 9.10. The summed E-state index contributed by atoms with van der Waals surface area (Å²) in [6, 6.07) is 20.1. The van der Waals surface area contributed by atoms with Gasteiger partial charge in [-0.25, -0.2) is 0 Å². The highest BCUT2D eigenvalue weighted by Gasteiger charge is 2.26. The predicted molar refractivity (Wildman–Crippen MR) is 133 cm³/mol. The molecule has 1 saturated heterocycles. The molecule has 0 unspecified atom stereocenters. The number of ether oxygens (including phenoxy) is 2. The molecule has 2 heterocycles. The second-order valence-electron chi connectivity index (χ2n) is 8.76. The number of benzene rings is 2. The fourth-order valence-electron chi connectivity index (χ4n) is 4.35. The highest BCUT2D eigenvalue weighted by atomic mass is 16.5. The van der Waals surface area contributed by atoms with Gasteiger partial charge in [0.1, 0.15) is 5.69 Å². The Morgan fingerprint density at radius 1 is 1.06 bits per heavy atom. The maximum Gasteiger partial charge on any atom is 0.232 e. The summed E-state index contributed by atoms with van der Waals surface area (Å²) in [5.74, 6) is 0.841. The van der Waals surface area contributed by atoms with E-state index in [-0.39, 0.29) is 6.61 Å². The number of aliphatic hydroxyl groups excluding tert-OH is 1. The largest absolute Gasteiger partial charge is 0.389 e. The first-order valence-corrected chi connectivity index (χ1v) is 12.0. The van der Waals surface area contributed by atoms with E-state index >= 15 is 0 Å². The molecule has 0 aliphatic carbocycles. The van der Waals surface area contributed by atoms with E-state index in [0.29, 0.717) is 32.8 Å². The van der Waals surface area contributed by atoms with E-state index in [0.717, 1.165) is 54.2 Å². The van der Waals surface area contributed by atoms with Gasteiger partial charge in [-0.05, 0) is 18.4 Å². The van der Waals surface area contributed by atoms with Crippen LogP contribution in [0.3, 0.4) is 0 Å². The van der Waals surface area contributed by atoms with Crippen LogP contribution in [0.2, 0.25) is 0 Å². The molecule has 1 fully saturated rings. The first kappa shape index (κ1) is 24.4. The van der Waals surface area contributed by atoms with Crippen LogP contribution < -0.4 is 4.90 Å². The van der Waals surface area contributed by atoms with E-state index in [1.54, 1.807) is 7.11 Å². The molecule has 1 N–H and O–H groups in total. The van der Waals surface area contributed by atoms with Crippen LogP contribution >= 0.6 is 0 Å². The molecule has 1 aliphatic heterocycles. The minimum atomic E-state index is -0.615. The molecule has 34 heavy (non-hydrogen) atoms. The Labute approximate surface area is 201 Å². The van der Waals surface area contributed by atoms with Crippen LogP contribution in [0, 0.1) is 0 Å². The minimum Gasteiger partial charge on any atom is -0.389 e. The lowest BCUT2D eigenvalue weighted by Crippen LogP contribution is -2.37. The van der Waals surface area contributed by atoms with Crippen LogP contribution in [0.4, 0.5) is 5.88 Å². The maximum absolute atomic E-state index is 10.7. The monoisotopic (exact) mass is 465 g/mol. The highest BCUT2D eigenvalue weighted by Crippen LogP contribution is 2.34. The van der Waals surface area contributed by atoms with Crippen molar-refractivity contribution >= 4 is 5.88 Å². The van der Waals surface area contributed by atoms with Gasteiger partial charge in [0.15, 0.2) is 0 Å². The summed E-state index contributed by atoms with van der Waals surface area (Å²) in [6.07, 6.45) is 1.70. The molecule has 0 amide bonds. The van der Waals surface area contributed by atoms with Crippen molar-refractivity contribution in [1.82, 2.24) is 10.1 Å². The number of methoxy groups -OCH3 is 1. The third-order valence-electron chi connectivity index (χ3n) is 6.09. The first-order chi connectivity index (χ1) is 16.7. The second kappa shape index (κ2) is 12.7. The SMILES string of the molecule is COCCN(Cc1c(-c2ccccc2)noc1N1CCCC1)C[C@@H](O)COCc1ccccc1. The van der Waals surface area contributed by atoms with E-state index in [2.05, 4.69) is 27.1 Å². The minimum absolute atomic E-state index is 0.270. The number of aliphatic hydroxyl groups is 1. The maximum atomic E-state index is 10.7. The number of rotatable bonds is 13. The number of hydrogen-bond donors (Lipinski definition) is 1. The van der Waals surface area contributed by atoms with Gasteiger partial charge in [0, 0.05) is 45.4 Å². The van der Waals surface area contributed by atoms with E-state index in [1.165, 1.54) is 0 Å². The average Bonchev–Trinajstić information content (AvgIpc) is 3.54. The highest BCUT2D eigenvalue weighted by molar-refractivity contribution is 5.68. The van der Waals surface area contributed by atoms with Crippen LogP contribution in [0.5, 0.6) is 0 Å². The zero-order chi connectivity index (χ0) is 23.6. The molecule has 1 aliphatic rings. The van der Waals surface area contributed by atoms with E-state index < -0.39 is 6.10 Å². The Hall–Kier alpha value is -2.71. The number of hydrogen-bond acceptors (Lipinski definition) is 7. The van der Waals surface area contributed by atoms with Crippen molar-refractivity contribution in [2.45, 2.75) is 32.1 Å². The molecule has 7 nitrogen and oxygen atoms in total. The van der Waals surface area contributed by atoms with Gasteiger partial charge in [-0.2, -0.15) is 0 Å². The zero-order valence-corrected chi connectivity index (χ0v) is 19.9. The summed E-state index contributed by atoms with van der Waals surface area (Å²) in [5.41, 5.74) is 4.05. The molecule has 1 atom stereocenters. The molecule has 7 heteroatoms. The Bertz CT molecular complexity index is 974. The van der Waals surface area contributed by atoms with Crippen molar-refractivity contribution in [2.75, 3.05) is 51.4 Å². The average molecular weight is 466 g/mol. The fraction of sp³-hybridized carbons (Fsp3) is 0.444. The van der Waals surface area contributed by atoms with Crippen molar-refractivity contribution in [3.05, 3.63) is 71.8 Å². The van der Waals surface area contributed by atoms with Gasteiger partial charge in [0.25, 0.3) is 0 Å². The summed E-state index contributed by atoms with van der Waals surface area (Å²) in [4.78, 5) is 4.47. The van der Waals surface area contributed by atoms with Gasteiger partial charge < -0.3 is 24.0 Å². The lowest BCUT2D eigenvalue weighted by atomic mass is 10.1. The summed E-state index contributed by atoms with van der Waals surface area (Å²) < 4.78 is 17.0. The first-order valence-electron chi connectivity index (χ1n) is 12.0. The Balaban J connectivity index is 1.46. The molecule has 4 rings (SSSR count). The van der Waals surface area contributed by atoms with Crippen molar-refractivity contribution in [1.29, 1.82) is 0 Å². The third-order valence-corrected chi connectivity index (χ3v) is 6.09. The molecular weight excluding hydrogens is 430 g/mol. The summed E-state index contributed by atoms with van der Waals surface area (Å²) in [5, 5.41) is 15.2. The molecular formula is C27H35N3O4. The second-order valence-corrected chi connectivity index (χ2v) is 8.76. The van der Waals surface area contributed by atoms with Crippen LogP contribution in [0.15, 0.2) is 65.2 Å². The van der Waals surface area contributed by atoms with Crippen molar-refractivity contribution in [3.63, 3.8) is 0 Å². The van der Waals surface area contributed by atoms with Gasteiger partial charge in [0.2, 0.25) is 5.88 Å². The van der Waals surface area contributed by atoms with E-state index in [4.69, 9.17) is 14.0 Å². The molecule has 2 aromatic carbocycles. The Morgan fingerprint density at radius 2 is 1.76 bits per heavy atom. The van der Waals surface area contributed by atoms with Gasteiger partial charge in [0.05, 0.1) is 31.5 Å². The van der Waals surface area contributed by atoms with Gasteiger partial charge in [-0.1, -0.05) is 65.8 Å². The lowest BCUT2D eigenvalue weighted by molar-refractivity contribution is 0.00482. The van der Waals surface area contributed by atoms with Crippen LogP contribution in [0.25, 0.3) is 11.3 Å². The molecule has 0 spiro atoms. The van der Waals surface area contributed by atoms with Crippen LogP contribution in [0.1, 0.15) is 24.0 Å². The quantitative estimate of drug-likeness (QED) is 0.410. The van der Waals surface area contributed by atoms with Gasteiger partial charge in [-0.3, -0.25) is 4.90 Å². The summed E-state index contributed by atoms with van der Waals surface area (Å²) >= 11 is 0. The third kappa shape index (κ3) is 6.67. The van der Waals surface area contributed by atoms with Gasteiger partial charge >= 0.3 is 0 Å². The molecule has 182 valence electrons. The predicted octanol–water partition coefficient (Wildman–Crippen LogP) is 3.97. The number of nitrogens with zero attached hydrogens (tertiary/aromatic N) is 3. The van der Waals surface area contributed by atoms with Crippen molar-refractivity contribution in [3.8, 4) is 11.3 Å². The van der Waals surface area contributed by atoms with Crippen LogP contribution in [-0.2, 0) is 22.6 Å². The molecule has 0 radical (unpaired) electrons. The smallest absolute Gasteiger partial charge is 0.232 e. The molecule has 0 bridgehead atoms. The topological polar surface area (TPSA) is 71.2 Å². The molecule has 0 saturated carbocycles.